The van der Waals surface area contributed by atoms with Crippen LogP contribution in [0.15, 0.2) is 41.2 Å². The molecule has 1 aliphatic heterocycles. The Labute approximate surface area is 153 Å². The molecular formula is C18H19F3N4O2. The van der Waals surface area contributed by atoms with Gasteiger partial charge in [-0.15, -0.1) is 0 Å². The summed E-state index contributed by atoms with van der Waals surface area (Å²) >= 11 is 0. The molecule has 0 bridgehead atoms. The van der Waals surface area contributed by atoms with Crippen LogP contribution < -0.4 is 5.56 Å². The van der Waals surface area contributed by atoms with Gasteiger partial charge in [0.2, 0.25) is 0 Å². The summed E-state index contributed by atoms with van der Waals surface area (Å²) in [6.45, 7) is 2.73. The molecule has 2 aromatic rings. The number of carbonyl (C=O) groups excluding carboxylic acids is 1. The topological polar surface area (TPSA) is 58.4 Å². The predicted molar refractivity (Wildman–Crippen MR) is 92.1 cm³/mol. The third-order valence-corrected chi connectivity index (χ3v) is 4.53. The zero-order valence-corrected chi connectivity index (χ0v) is 14.7. The molecule has 1 saturated heterocycles. The van der Waals surface area contributed by atoms with Crippen molar-refractivity contribution in [3.8, 4) is 0 Å². The van der Waals surface area contributed by atoms with Crippen molar-refractivity contribution in [2.45, 2.75) is 12.7 Å². The normalized spacial score (nSPS) is 15.8. The first-order valence-electron chi connectivity index (χ1n) is 8.46. The van der Waals surface area contributed by atoms with Crippen LogP contribution in [-0.4, -0.2) is 51.7 Å². The lowest BCUT2D eigenvalue weighted by Gasteiger charge is -2.34. The van der Waals surface area contributed by atoms with E-state index >= 15 is 0 Å². The van der Waals surface area contributed by atoms with E-state index in [1.165, 1.54) is 31.3 Å². The van der Waals surface area contributed by atoms with Gasteiger partial charge in [-0.3, -0.25) is 14.5 Å². The summed E-state index contributed by atoms with van der Waals surface area (Å²) in [5.41, 5.74) is 0.0649. The monoisotopic (exact) mass is 380 g/mol. The second-order valence-electron chi connectivity index (χ2n) is 6.44. The van der Waals surface area contributed by atoms with Crippen LogP contribution >= 0.6 is 0 Å². The van der Waals surface area contributed by atoms with E-state index < -0.39 is 11.7 Å². The second-order valence-corrected chi connectivity index (χ2v) is 6.44. The Morgan fingerprint density at radius 3 is 2.22 bits per heavy atom. The molecule has 144 valence electrons. The highest BCUT2D eigenvalue weighted by molar-refractivity contribution is 5.92. The van der Waals surface area contributed by atoms with Crippen molar-refractivity contribution in [2.24, 2.45) is 7.05 Å². The molecule has 0 spiro atoms. The Bertz CT molecular complexity index is 869. The molecule has 1 amide bonds. The van der Waals surface area contributed by atoms with Crippen molar-refractivity contribution in [3.63, 3.8) is 0 Å². The van der Waals surface area contributed by atoms with Crippen LogP contribution in [0.1, 0.15) is 21.6 Å². The summed E-state index contributed by atoms with van der Waals surface area (Å²) in [5.74, 6) is -0.236. The van der Waals surface area contributed by atoms with Gasteiger partial charge < -0.3 is 4.90 Å². The Kier molecular flexibility index (Phi) is 5.31. The summed E-state index contributed by atoms with van der Waals surface area (Å²) in [5, 5.41) is 3.97. The number of hydrogen-bond donors (Lipinski definition) is 0. The van der Waals surface area contributed by atoms with Gasteiger partial charge in [0, 0.05) is 45.8 Å². The molecule has 0 atom stereocenters. The average Bonchev–Trinajstić information content (AvgIpc) is 2.64. The van der Waals surface area contributed by atoms with E-state index in [1.54, 1.807) is 4.90 Å². The lowest BCUT2D eigenvalue weighted by atomic mass is 10.1. The fourth-order valence-corrected chi connectivity index (χ4v) is 2.94. The number of benzene rings is 1. The van der Waals surface area contributed by atoms with Crippen LogP contribution in [0.3, 0.4) is 0 Å². The van der Waals surface area contributed by atoms with Gasteiger partial charge in [0.1, 0.15) is 5.69 Å². The minimum Gasteiger partial charge on any atom is -0.335 e. The number of halogens is 3. The largest absolute Gasteiger partial charge is 0.416 e. The second kappa shape index (κ2) is 7.51. The molecule has 9 heteroatoms. The maximum atomic E-state index is 12.6. The highest BCUT2D eigenvalue weighted by Gasteiger charge is 2.30. The molecule has 3 rings (SSSR count). The molecule has 6 nitrogen and oxygen atoms in total. The maximum Gasteiger partial charge on any atom is 0.416 e. The molecule has 0 radical (unpaired) electrons. The Hall–Kier alpha value is -2.68. The fourth-order valence-electron chi connectivity index (χ4n) is 2.94. The highest BCUT2D eigenvalue weighted by atomic mass is 19.4. The first-order valence-corrected chi connectivity index (χ1v) is 8.46. The Morgan fingerprint density at radius 2 is 1.67 bits per heavy atom. The first-order chi connectivity index (χ1) is 12.7. The van der Waals surface area contributed by atoms with E-state index in [2.05, 4.69) is 10.00 Å². The third-order valence-electron chi connectivity index (χ3n) is 4.53. The molecule has 1 fully saturated rings. The Morgan fingerprint density at radius 1 is 1.04 bits per heavy atom. The van der Waals surface area contributed by atoms with Gasteiger partial charge >= 0.3 is 6.18 Å². The summed E-state index contributed by atoms with van der Waals surface area (Å²) in [7, 11) is 1.49. The van der Waals surface area contributed by atoms with Crippen molar-refractivity contribution < 1.29 is 18.0 Å². The van der Waals surface area contributed by atoms with Gasteiger partial charge in [0.05, 0.1) is 5.56 Å². The van der Waals surface area contributed by atoms with Crippen molar-refractivity contribution >= 4 is 5.91 Å². The zero-order valence-electron chi connectivity index (χ0n) is 14.7. The van der Waals surface area contributed by atoms with Gasteiger partial charge in [-0.1, -0.05) is 12.1 Å². The summed E-state index contributed by atoms with van der Waals surface area (Å²) in [4.78, 5) is 27.6. The molecule has 1 aromatic heterocycles. The van der Waals surface area contributed by atoms with E-state index in [-0.39, 0.29) is 17.2 Å². The number of aryl methyl sites for hydroxylation is 1. The van der Waals surface area contributed by atoms with Gasteiger partial charge in [-0.2, -0.15) is 18.3 Å². The molecular weight excluding hydrogens is 361 g/mol. The van der Waals surface area contributed by atoms with Crippen LogP contribution in [-0.2, 0) is 19.8 Å². The quantitative estimate of drug-likeness (QED) is 0.814. The lowest BCUT2D eigenvalue weighted by Crippen LogP contribution is -2.48. The van der Waals surface area contributed by atoms with Crippen molar-refractivity contribution in [2.75, 3.05) is 26.2 Å². The van der Waals surface area contributed by atoms with Crippen LogP contribution in [0.5, 0.6) is 0 Å². The van der Waals surface area contributed by atoms with Crippen LogP contribution in [0, 0.1) is 0 Å². The SMILES string of the molecule is Cn1nc(C(=O)N2CCN(Cc3ccc(C(F)(F)F)cc3)CC2)ccc1=O. The summed E-state index contributed by atoms with van der Waals surface area (Å²) < 4.78 is 39.0. The van der Waals surface area contributed by atoms with Crippen molar-refractivity contribution in [3.05, 3.63) is 63.6 Å². The zero-order chi connectivity index (χ0) is 19.6. The van der Waals surface area contributed by atoms with Crippen molar-refractivity contribution in [1.29, 1.82) is 0 Å². The number of hydrogen-bond acceptors (Lipinski definition) is 4. The maximum absolute atomic E-state index is 12.6. The van der Waals surface area contributed by atoms with Gasteiger partial charge in [-0.25, -0.2) is 4.68 Å². The minimum absolute atomic E-state index is 0.216. The molecule has 27 heavy (non-hydrogen) atoms. The fraction of sp³-hybridized carbons (Fsp3) is 0.389. The minimum atomic E-state index is -4.33. The number of rotatable bonds is 3. The van der Waals surface area contributed by atoms with E-state index in [4.69, 9.17) is 0 Å². The number of nitrogens with zero attached hydrogens (tertiary/aromatic N) is 4. The highest BCUT2D eigenvalue weighted by Crippen LogP contribution is 2.29. The van der Waals surface area contributed by atoms with Crippen LogP contribution in [0.25, 0.3) is 0 Å². The Balaban J connectivity index is 1.56. The molecule has 0 aliphatic carbocycles. The van der Waals surface area contributed by atoms with E-state index in [1.807, 2.05) is 0 Å². The summed E-state index contributed by atoms with van der Waals surface area (Å²) in [6.07, 6.45) is -4.33. The van der Waals surface area contributed by atoms with Gasteiger partial charge in [0.25, 0.3) is 11.5 Å². The number of piperazine rings is 1. The number of amides is 1. The van der Waals surface area contributed by atoms with E-state index in [0.717, 1.165) is 22.4 Å². The number of alkyl halides is 3. The standard InChI is InChI=1S/C18H19F3N4O2/c1-23-16(26)7-6-15(22-23)17(27)25-10-8-24(9-11-25)12-13-2-4-14(5-3-13)18(19,20)21/h2-7H,8-12H2,1H3. The van der Waals surface area contributed by atoms with Crippen molar-refractivity contribution in [1.82, 2.24) is 19.6 Å². The first kappa shape index (κ1) is 19.1. The van der Waals surface area contributed by atoms with Gasteiger partial charge in [0.15, 0.2) is 0 Å². The predicted octanol–water partition coefficient (Wildman–Crippen LogP) is 1.76. The third kappa shape index (κ3) is 4.54. The molecule has 2 heterocycles. The average molecular weight is 380 g/mol. The summed E-state index contributed by atoms with van der Waals surface area (Å²) in [6, 6.07) is 7.85. The molecule has 0 N–H and O–H groups in total. The van der Waals surface area contributed by atoms with Gasteiger partial charge in [-0.05, 0) is 23.8 Å². The van der Waals surface area contributed by atoms with E-state index in [9.17, 15) is 22.8 Å². The van der Waals surface area contributed by atoms with Crippen LogP contribution in [0.4, 0.5) is 13.2 Å². The van der Waals surface area contributed by atoms with Crippen LogP contribution in [0.2, 0.25) is 0 Å². The molecule has 0 unspecified atom stereocenters. The lowest BCUT2D eigenvalue weighted by molar-refractivity contribution is -0.137. The molecule has 1 aliphatic rings. The smallest absolute Gasteiger partial charge is 0.335 e. The number of aromatic nitrogens is 2. The number of carbonyl (C=O) groups is 1. The molecule has 0 saturated carbocycles. The molecule has 1 aromatic carbocycles. The van der Waals surface area contributed by atoms with E-state index in [0.29, 0.717) is 32.7 Å².